The number of oxime groups is 1. The van der Waals surface area contributed by atoms with Crippen molar-refractivity contribution in [2.45, 2.75) is 44.6 Å². The molecule has 1 aromatic heterocycles. The van der Waals surface area contributed by atoms with Gasteiger partial charge in [-0.3, -0.25) is 9.59 Å². The summed E-state index contributed by atoms with van der Waals surface area (Å²) < 4.78 is 13.0. The number of aromatic nitrogens is 1. The molecule has 7 heteroatoms. The number of nitrogens with one attached hydrogen (secondary N) is 2. The van der Waals surface area contributed by atoms with E-state index in [0.29, 0.717) is 12.8 Å². The number of carbonyl (C=O) groups is 1. The van der Waals surface area contributed by atoms with Crippen molar-refractivity contribution >= 4 is 11.6 Å². The Balaban J connectivity index is 1.31. The second-order valence-electron chi connectivity index (χ2n) is 7.33. The molecular weight excluding hydrogens is 361 g/mol. The van der Waals surface area contributed by atoms with Crippen molar-refractivity contribution in [2.24, 2.45) is 5.16 Å². The van der Waals surface area contributed by atoms with Gasteiger partial charge in [0.1, 0.15) is 17.5 Å². The van der Waals surface area contributed by atoms with Gasteiger partial charge in [0.15, 0.2) is 0 Å². The fourth-order valence-electron chi connectivity index (χ4n) is 3.68. The highest BCUT2D eigenvalue weighted by molar-refractivity contribution is 5.94. The number of H-pyrrole nitrogens is 1. The van der Waals surface area contributed by atoms with E-state index in [1.165, 1.54) is 12.1 Å². The molecule has 1 aliphatic heterocycles. The number of nitrogens with zero attached hydrogens (tertiary/aromatic N) is 1. The smallest absolute Gasteiger partial charge is 0.261 e. The van der Waals surface area contributed by atoms with Gasteiger partial charge in [-0.15, -0.1) is 0 Å². The Morgan fingerprint density at radius 2 is 2.04 bits per heavy atom. The highest BCUT2D eigenvalue weighted by atomic mass is 19.1. The van der Waals surface area contributed by atoms with Crippen molar-refractivity contribution in [3.8, 4) is 0 Å². The third kappa shape index (κ3) is 4.13. The zero-order chi connectivity index (χ0) is 19.5. The first kappa shape index (κ1) is 18.4. The van der Waals surface area contributed by atoms with E-state index in [1.54, 1.807) is 18.2 Å². The summed E-state index contributed by atoms with van der Waals surface area (Å²) in [4.78, 5) is 32.9. The zero-order valence-electron chi connectivity index (χ0n) is 15.5. The Hall–Kier alpha value is -2.96. The second kappa shape index (κ2) is 7.96. The summed E-state index contributed by atoms with van der Waals surface area (Å²) in [6.07, 6.45) is 4.77. The lowest BCUT2D eigenvalue weighted by atomic mass is 9.95. The Labute approximate surface area is 161 Å². The van der Waals surface area contributed by atoms with E-state index in [1.807, 2.05) is 0 Å². The van der Waals surface area contributed by atoms with Crippen LogP contribution in [-0.4, -0.2) is 29.3 Å². The number of fused-ring (bicyclic) bond motifs is 1. The maximum absolute atomic E-state index is 13.0. The van der Waals surface area contributed by atoms with Crippen molar-refractivity contribution in [1.82, 2.24) is 10.3 Å². The SMILES string of the molecule is O=C(NCC1CC(Cc2ccc(F)cc2)=NO1)c1cc2c([nH]c1=O)CCCC2. The first-order valence-electron chi connectivity index (χ1n) is 9.58. The van der Waals surface area contributed by atoms with Crippen molar-refractivity contribution in [2.75, 3.05) is 6.54 Å². The van der Waals surface area contributed by atoms with E-state index in [9.17, 15) is 14.0 Å². The molecule has 1 aliphatic carbocycles. The number of hydrogen-bond donors (Lipinski definition) is 2. The summed E-state index contributed by atoms with van der Waals surface area (Å²) in [6, 6.07) is 7.98. The number of halogens is 1. The molecule has 0 spiro atoms. The van der Waals surface area contributed by atoms with E-state index >= 15 is 0 Å². The number of aryl methyl sites for hydroxylation is 2. The van der Waals surface area contributed by atoms with Gasteiger partial charge in [-0.1, -0.05) is 17.3 Å². The minimum atomic E-state index is -0.398. The Morgan fingerprint density at radius 3 is 2.86 bits per heavy atom. The molecule has 4 rings (SSSR count). The maximum atomic E-state index is 13.0. The largest absolute Gasteiger partial charge is 0.390 e. The van der Waals surface area contributed by atoms with Crippen molar-refractivity contribution in [1.29, 1.82) is 0 Å². The van der Waals surface area contributed by atoms with Gasteiger partial charge in [-0.05, 0) is 55.0 Å². The van der Waals surface area contributed by atoms with Gasteiger partial charge in [0.05, 0.1) is 12.3 Å². The Morgan fingerprint density at radius 1 is 1.25 bits per heavy atom. The van der Waals surface area contributed by atoms with Crippen LogP contribution in [0.3, 0.4) is 0 Å². The predicted octanol–water partition coefficient (Wildman–Crippen LogP) is 2.51. The van der Waals surface area contributed by atoms with Gasteiger partial charge in [0, 0.05) is 18.5 Å². The summed E-state index contributed by atoms with van der Waals surface area (Å²) >= 11 is 0. The highest BCUT2D eigenvalue weighted by Gasteiger charge is 2.23. The molecule has 1 atom stereocenters. The number of carbonyl (C=O) groups excluding carboxylic acids is 1. The second-order valence-corrected chi connectivity index (χ2v) is 7.33. The minimum Gasteiger partial charge on any atom is -0.390 e. The van der Waals surface area contributed by atoms with Crippen molar-refractivity contribution < 1.29 is 14.0 Å². The Kier molecular flexibility index (Phi) is 5.23. The van der Waals surface area contributed by atoms with Crippen LogP contribution in [0.2, 0.25) is 0 Å². The van der Waals surface area contributed by atoms with Gasteiger partial charge in [-0.25, -0.2) is 4.39 Å². The summed E-state index contributed by atoms with van der Waals surface area (Å²) in [5.74, 6) is -0.670. The summed E-state index contributed by atoms with van der Waals surface area (Å²) in [5.41, 5.74) is 3.60. The van der Waals surface area contributed by atoms with Crippen LogP contribution in [0.25, 0.3) is 0 Å². The summed E-state index contributed by atoms with van der Waals surface area (Å²) in [5, 5.41) is 6.84. The van der Waals surface area contributed by atoms with Crippen LogP contribution in [-0.2, 0) is 24.1 Å². The van der Waals surface area contributed by atoms with Crippen LogP contribution in [0.4, 0.5) is 4.39 Å². The van der Waals surface area contributed by atoms with Crippen LogP contribution in [0.1, 0.15) is 46.4 Å². The fourth-order valence-corrected chi connectivity index (χ4v) is 3.68. The molecule has 146 valence electrons. The molecule has 2 aromatic rings. The van der Waals surface area contributed by atoms with Crippen LogP contribution >= 0.6 is 0 Å². The zero-order valence-corrected chi connectivity index (χ0v) is 15.5. The number of hydrogen-bond acceptors (Lipinski definition) is 4. The summed E-state index contributed by atoms with van der Waals surface area (Å²) in [6.45, 7) is 0.270. The molecule has 2 N–H and O–H groups in total. The lowest BCUT2D eigenvalue weighted by Crippen LogP contribution is -2.36. The molecule has 0 radical (unpaired) electrons. The van der Waals surface area contributed by atoms with Gasteiger partial charge in [0.25, 0.3) is 11.5 Å². The number of rotatable bonds is 5. The molecule has 0 fully saturated rings. The lowest BCUT2D eigenvalue weighted by Gasteiger charge is -2.16. The quantitative estimate of drug-likeness (QED) is 0.832. The molecule has 0 bridgehead atoms. The Bertz CT molecular complexity index is 966. The predicted molar refractivity (Wildman–Crippen MR) is 103 cm³/mol. The molecule has 1 amide bonds. The van der Waals surface area contributed by atoms with E-state index in [0.717, 1.165) is 48.2 Å². The van der Waals surface area contributed by atoms with Crippen LogP contribution < -0.4 is 10.9 Å². The maximum Gasteiger partial charge on any atom is 0.261 e. The molecule has 2 aliphatic rings. The van der Waals surface area contributed by atoms with E-state index in [4.69, 9.17) is 4.84 Å². The first-order chi connectivity index (χ1) is 13.6. The van der Waals surface area contributed by atoms with Crippen LogP contribution in [0.5, 0.6) is 0 Å². The molecule has 6 nitrogen and oxygen atoms in total. The third-order valence-corrected chi connectivity index (χ3v) is 5.19. The van der Waals surface area contributed by atoms with Crippen LogP contribution in [0, 0.1) is 5.82 Å². The molecule has 0 saturated heterocycles. The average molecular weight is 383 g/mol. The summed E-state index contributed by atoms with van der Waals surface area (Å²) in [7, 11) is 0. The molecule has 28 heavy (non-hydrogen) atoms. The van der Waals surface area contributed by atoms with Gasteiger partial charge < -0.3 is 15.1 Å². The number of amides is 1. The average Bonchev–Trinajstić information content (AvgIpc) is 3.14. The highest BCUT2D eigenvalue weighted by Crippen LogP contribution is 2.19. The monoisotopic (exact) mass is 383 g/mol. The van der Waals surface area contributed by atoms with E-state index < -0.39 is 5.91 Å². The standard InChI is InChI=1S/C21H22FN3O3/c22-15-7-5-13(6-8-15)9-16-11-17(28-25-16)12-23-20(26)18-10-14-3-1-2-4-19(14)24-21(18)27/h5-8,10,17H,1-4,9,11-12H2,(H,23,26)(H,24,27). The normalized spacial score (nSPS) is 18.2. The van der Waals surface area contributed by atoms with Crippen molar-refractivity contribution in [3.63, 3.8) is 0 Å². The molecule has 1 unspecified atom stereocenters. The van der Waals surface area contributed by atoms with Gasteiger partial charge >= 0.3 is 0 Å². The number of aromatic amines is 1. The van der Waals surface area contributed by atoms with Crippen LogP contribution in [0.15, 0.2) is 40.3 Å². The molecular formula is C21H22FN3O3. The molecule has 2 heterocycles. The molecule has 1 aromatic carbocycles. The van der Waals surface area contributed by atoms with E-state index in [-0.39, 0.29) is 29.6 Å². The number of pyridine rings is 1. The lowest BCUT2D eigenvalue weighted by molar-refractivity contribution is 0.0752. The molecule has 0 saturated carbocycles. The third-order valence-electron chi connectivity index (χ3n) is 5.19. The van der Waals surface area contributed by atoms with Crippen molar-refractivity contribution in [3.05, 3.63) is 68.9 Å². The number of benzene rings is 1. The fraction of sp³-hybridized carbons (Fsp3) is 0.381. The van der Waals surface area contributed by atoms with Gasteiger partial charge in [-0.2, -0.15) is 0 Å². The van der Waals surface area contributed by atoms with E-state index in [2.05, 4.69) is 15.5 Å². The van der Waals surface area contributed by atoms with Gasteiger partial charge in [0.2, 0.25) is 0 Å². The first-order valence-corrected chi connectivity index (χ1v) is 9.58. The minimum absolute atomic E-state index is 0.145. The topological polar surface area (TPSA) is 83.5 Å².